The topological polar surface area (TPSA) is 84.0 Å². The lowest BCUT2D eigenvalue weighted by molar-refractivity contribution is 0.102. The molecule has 27 heavy (non-hydrogen) atoms. The highest BCUT2D eigenvalue weighted by Gasteiger charge is 2.36. The molecule has 0 aromatic carbocycles. The monoisotopic (exact) mass is 416 g/mol. The Hall–Kier alpha value is -1.13. The van der Waals surface area contributed by atoms with Gasteiger partial charge in [-0.3, -0.25) is 0 Å². The highest BCUT2D eigenvalue weighted by molar-refractivity contribution is 7.89. The van der Waals surface area contributed by atoms with Gasteiger partial charge >= 0.3 is 0 Å². The summed E-state index contributed by atoms with van der Waals surface area (Å²) in [7, 11) is -3.34. The third-order valence-corrected chi connectivity index (χ3v) is 7.36. The second kappa shape index (κ2) is 8.08. The van der Waals surface area contributed by atoms with Crippen molar-refractivity contribution < 1.29 is 17.9 Å². The molecule has 0 radical (unpaired) electrons. The third-order valence-electron chi connectivity index (χ3n) is 5.35. The molecule has 1 aromatic rings. The molecule has 3 aliphatic heterocycles. The first-order chi connectivity index (χ1) is 13.0. The molecule has 2 fully saturated rings. The van der Waals surface area contributed by atoms with Crippen LogP contribution in [0.3, 0.4) is 0 Å². The summed E-state index contributed by atoms with van der Waals surface area (Å²) in [6, 6.07) is 2.19. The number of sulfonamides is 1. The van der Waals surface area contributed by atoms with Gasteiger partial charge in [-0.25, -0.2) is 13.4 Å². The lowest BCUT2D eigenvalue weighted by Crippen LogP contribution is -2.55. The van der Waals surface area contributed by atoms with Crippen molar-refractivity contribution in [3.8, 4) is 5.75 Å². The molecule has 0 amide bonds. The van der Waals surface area contributed by atoms with Crippen LogP contribution in [0.15, 0.2) is 12.3 Å². The number of hydrogen-bond acceptors (Lipinski definition) is 7. The lowest BCUT2D eigenvalue weighted by atomic mass is 10.1. The summed E-state index contributed by atoms with van der Waals surface area (Å²) in [5, 5.41) is 3.77. The minimum absolute atomic E-state index is 0.0212. The molecule has 150 valence electrons. The van der Waals surface area contributed by atoms with Crippen molar-refractivity contribution >= 4 is 27.4 Å². The predicted molar refractivity (Wildman–Crippen MR) is 103 cm³/mol. The number of rotatable bonds is 6. The first-order valence-corrected chi connectivity index (χ1v) is 11.4. The third kappa shape index (κ3) is 4.32. The molecule has 1 N–H and O–H groups in total. The molecule has 2 saturated heterocycles. The number of halogens is 1. The maximum absolute atomic E-state index is 12.7. The second-order valence-corrected chi connectivity index (χ2v) is 9.67. The Morgan fingerprint density at radius 3 is 3.00 bits per heavy atom. The fourth-order valence-corrected chi connectivity index (χ4v) is 5.15. The minimum Gasteiger partial charge on any atom is -0.490 e. The molecular formula is C17H25ClN4O4S. The van der Waals surface area contributed by atoms with E-state index in [1.807, 2.05) is 0 Å². The zero-order valence-corrected chi connectivity index (χ0v) is 16.7. The van der Waals surface area contributed by atoms with Crippen molar-refractivity contribution in [2.45, 2.75) is 24.9 Å². The molecular weight excluding hydrogens is 392 g/mol. The van der Waals surface area contributed by atoms with Gasteiger partial charge in [0, 0.05) is 50.4 Å². The molecule has 2 unspecified atom stereocenters. The lowest BCUT2D eigenvalue weighted by Gasteiger charge is -2.40. The van der Waals surface area contributed by atoms with Crippen LogP contribution in [0.25, 0.3) is 0 Å². The Kier molecular flexibility index (Phi) is 5.75. The number of piperazine rings is 1. The molecule has 0 spiro atoms. The Morgan fingerprint density at radius 1 is 1.37 bits per heavy atom. The molecule has 0 saturated carbocycles. The van der Waals surface area contributed by atoms with Crippen LogP contribution in [-0.2, 0) is 14.8 Å². The van der Waals surface area contributed by atoms with Crippen molar-refractivity contribution in [1.29, 1.82) is 0 Å². The summed E-state index contributed by atoms with van der Waals surface area (Å²) in [5.41, 5.74) is 0. The first kappa shape index (κ1) is 19.2. The minimum atomic E-state index is -3.34. The maximum Gasteiger partial charge on any atom is 0.216 e. The fraction of sp³-hybridized carbons (Fsp3) is 0.706. The van der Waals surface area contributed by atoms with E-state index in [4.69, 9.17) is 21.1 Å². The molecule has 0 bridgehead atoms. The quantitative estimate of drug-likeness (QED) is 0.684. The summed E-state index contributed by atoms with van der Waals surface area (Å²) in [4.78, 5) is 6.56. The number of aromatic nitrogens is 1. The number of pyridine rings is 1. The van der Waals surface area contributed by atoms with E-state index in [-0.39, 0.29) is 18.4 Å². The summed E-state index contributed by atoms with van der Waals surface area (Å²) in [6.07, 6.45) is 3.44. The van der Waals surface area contributed by atoms with E-state index < -0.39 is 10.0 Å². The Morgan fingerprint density at radius 2 is 2.22 bits per heavy atom. The molecule has 8 nitrogen and oxygen atoms in total. The smallest absolute Gasteiger partial charge is 0.216 e. The van der Waals surface area contributed by atoms with Crippen molar-refractivity contribution in [1.82, 2.24) is 14.6 Å². The van der Waals surface area contributed by atoms with Crippen molar-refractivity contribution in [3.05, 3.63) is 17.3 Å². The molecule has 3 aliphatic rings. The van der Waals surface area contributed by atoms with Crippen LogP contribution in [0, 0.1) is 0 Å². The van der Waals surface area contributed by atoms with Gasteiger partial charge in [-0.2, -0.15) is 4.31 Å². The van der Waals surface area contributed by atoms with Gasteiger partial charge in [-0.15, -0.1) is 0 Å². The number of anilines is 1. The fourth-order valence-electron chi connectivity index (χ4n) is 3.66. The standard InChI is InChI=1S/C17H25ClN4O4S/c18-13-9-16-17(20-10-13)22-5-4-21(11-15(22)2-6-26-16)27(23,24)8-7-25-12-14-1-3-19-14/h9-10,14-15,19H,1-8,11-12H2. The van der Waals surface area contributed by atoms with Gasteiger partial charge < -0.3 is 19.7 Å². The zero-order valence-electron chi connectivity index (χ0n) is 15.1. The zero-order chi connectivity index (χ0) is 18.9. The van der Waals surface area contributed by atoms with Crippen molar-refractivity contribution in [2.24, 2.45) is 0 Å². The molecule has 2 atom stereocenters. The normalized spacial score (nSPS) is 25.7. The van der Waals surface area contributed by atoms with Crippen LogP contribution in [0.1, 0.15) is 12.8 Å². The summed E-state index contributed by atoms with van der Waals surface area (Å²) in [5.74, 6) is 1.43. The molecule has 0 aliphatic carbocycles. The predicted octanol–water partition coefficient (Wildman–Crippen LogP) is 0.716. The van der Waals surface area contributed by atoms with Gasteiger partial charge in [-0.1, -0.05) is 11.6 Å². The summed E-state index contributed by atoms with van der Waals surface area (Å²) >= 11 is 6.02. The van der Waals surface area contributed by atoms with Gasteiger partial charge in [0.25, 0.3) is 0 Å². The van der Waals surface area contributed by atoms with E-state index in [9.17, 15) is 8.42 Å². The van der Waals surface area contributed by atoms with E-state index in [1.165, 1.54) is 0 Å². The van der Waals surface area contributed by atoms with E-state index in [2.05, 4.69) is 15.2 Å². The van der Waals surface area contributed by atoms with Crippen LogP contribution in [-0.4, -0.2) is 81.5 Å². The highest BCUT2D eigenvalue weighted by atomic mass is 35.5. The maximum atomic E-state index is 12.7. The second-order valence-electron chi connectivity index (χ2n) is 7.15. The largest absolute Gasteiger partial charge is 0.490 e. The van der Waals surface area contributed by atoms with E-state index in [1.54, 1.807) is 16.6 Å². The van der Waals surface area contributed by atoms with Crippen molar-refractivity contribution in [3.63, 3.8) is 0 Å². The number of fused-ring (bicyclic) bond motifs is 3. The Bertz CT molecular complexity index is 774. The van der Waals surface area contributed by atoms with Gasteiger partial charge in [0.2, 0.25) is 10.0 Å². The average Bonchev–Trinajstić information content (AvgIpc) is 2.78. The summed E-state index contributed by atoms with van der Waals surface area (Å²) < 4.78 is 38.3. The van der Waals surface area contributed by atoms with Gasteiger partial charge in [0.15, 0.2) is 11.6 Å². The van der Waals surface area contributed by atoms with Crippen LogP contribution in [0.4, 0.5) is 5.82 Å². The van der Waals surface area contributed by atoms with Crippen LogP contribution >= 0.6 is 11.6 Å². The van der Waals surface area contributed by atoms with Gasteiger partial charge in [0.1, 0.15) is 0 Å². The van der Waals surface area contributed by atoms with E-state index in [0.717, 1.165) is 25.2 Å². The Labute approximate surface area is 164 Å². The van der Waals surface area contributed by atoms with Crippen LogP contribution in [0.5, 0.6) is 5.75 Å². The van der Waals surface area contributed by atoms with E-state index >= 15 is 0 Å². The van der Waals surface area contributed by atoms with Crippen LogP contribution in [0.2, 0.25) is 5.02 Å². The number of ether oxygens (including phenoxy) is 2. The van der Waals surface area contributed by atoms with Gasteiger partial charge in [-0.05, 0) is 13.0 Å². The first-order valence-electron chi connectivity index (χ1n) is 9.37. The number of hydrogen-bond donors (Lipinski definition) is 1. The molecule has 4 rings (SSSR count). The SMILES string of the molecule is O=S(=O)(CCOCC1CCN1)N1CCN2c3ncc(Cl)cc3OCCC2C1. The molecule has 1 aromatic heterocycles. The molecule has 4 heterocycles. The molecule has 10 heteroatoms. The highest BCUT2D eigenvalue weighted by Crippen LogP contribution is 2.34. The average molecular weight is 417 g/mol. The van der Waals surface area contributed by atoms with Crippen LogP contribution < -0.4 is 15.0 Å². The number of nitrogens with one attached hydrogen (secondary N) is 1. The summed E-state index contributed by atoms with van der Waals surface area (Å²) in [6.45, 7) is 3.81. The van der Waals surface area contributed by atoms with Crippen molar-refractivity contribution in [2.75, 3.05) is 56.7 Å². The van der Waals surface area contributed by atoms with Gasteiger partial charge in [0.05, 0.1) is 30.6 Å². The van der Waals surface area contributed by atoms with E-state index in [0.29, 0.717) is 49.7 Å². The number of nitrogens with zero attached hydrogens (tertiary/aromatic N) is 3. The Balaban J connectivity index is 1.36.